The number of hydrogen-bond donors (Lipinski definition) is 3. The third kappa shape index (κ3) is 4.32. The number of nitrogens with one attached hydrogen (secondary N) is 2. The van der Waals surface area contributed by atoms with Crippen LogP contribution in [-0.4, -0.2) is 39.2 Å². The summed E-state index contributed by atoms with van der Waals surface area (Å²) in [6, 6.07) is 0. The molecule has 0 amide bonds. The maximum atomic E-state index is 10.9. The van der Waals surface area contributed by atoms with Crippen LogP contribution in [-0.2, 0) is 0 Å². The van der Waals surface area contributed by atoms with Crippen LogP contribution in [0.3, 0.4) is 0 Å². The highest BCUT2D eigenvalue weighted by molar-refractivity contribution is 5.56. The van der Waals surface area contributed by atoms with Crippen molar-refractivity contribution >= 4 is 17.5 Å². The summed E-state index contributed by atoms with van der Waals surface area (Å²) in [5.74, 6) is 0.479. The van der Waals surface area contributed by atoms with Crippen molar-refractivity contribution < 1.29 is 10.0 Å². The number of nitrogens with zero attached hydrogens (tertiary/aromatic N) is 3. The number of anilines is 2. The van der Waals surface area contributed by atoms with Crippen molar-refractivity contribution in [3.63, 3.8) is 0 Å². The lowest BCUT2D eigenvalue weighted by Crippen LogP contribution is -2.25. The number of hydrogen-bond acceptors (Lipinski definition) is 7. The van der Waals surface area contributed by atoms with Crippen LogP contribution in [0.1, 0.15) is 20.8 Å². The first-order valence-electron chi connectivity index (χ1n) is 6.13. The molecule has 1 heterocycles. The molecule has 0 saturated carbocycles. The van der Waals surface area contributed by atoms with Gasteiger partial charge in [0.25, 0.3) is 0 Å². The lowest BCUT2D eigenvalue weighted by atomic mass is 10.1. The molecule has 0 radical (unpaired) electrons. The highest BCUT2D eigenvalue weighted by Gasteiger charge is 2.18. The molecule has 8 nitrogen and oxygen atoms in total. The van der Waals surface area contributed by atoms with Crippen LogP contribution in [0.2, 0.25) is 0 Å². The second-order valence-electron chi connectivity index (χ2n) is 4.41. The van der Waals surface area contributed by atoms with Crippen LogP contribution in [0.15, 0.2) is 6.20 Å². The number of aromatic nitrogens is 2. The molecule has 1 aromatic rings. The molecular weight excluding hydrogens is 250 g/mol. The second kappa shape index (κ2) is 6.83. The fraction of sp³-hybridized carbons (Fsp3) is 0.636. The Morgan fingerprint density at radius 2 is 2.16 bits per heavy atom. The van der Waals surface area contributed by atoms with Crippen molar-refractivity contribution in [1.29, 1.82) is 0 Å². The van der Waals surface area contributed by atoms with Gasteiger partial charge in [-0.1, -0.05) is 13.8 Å². The van der Waals surface area contributed by atoms with Crippen LogP contribution >= 0.6 is 0 Å². The SMILES string of the molecule is CCNc1ncc([N+](=O)[O-])c(NCC(O)C(C)C)n1. The highest BCUT2D eigenvalue weighted by Crippen LogP contribution is 2.22. The second-order valence-corrected chi connectivity index (χ2v) is 4.41. The van der Waals surface area contributed by atoms with Crippen molar-refractivity contribution in [2.75, 3.05) is 23.7 Å². The van der Waals surface area contributed by atoms with Crippen molar-refractivity contribution in [3.8, 4) is 0 Å². The van der Waals surface area contributed by atoms with Crippen LogP contribution in [0, 0.1) is 16.0 Å². The molecule has 0 spiro atoms. The van der Waals surface area contributed by atoms with E-state index >= 15 is 0 Å². The van der Waals surface area contributed by atoms with E-state index in [0.717, 1.165) is 6.20 Å². The molecule has 0 aliphatic rings. The predicted molar refractivity (Wildman–Crippen MR) is 72.2 cm³/mol. The zero-order valence-corrected chi connectivity index (χ0v) is 11.3. The topological polar surface area (TPSA) is 113 Å². The van der Waals surface area contributed by atoms with Gasteiger partial charge in [0.15, 0.2) is 0 Å². The van der Waals surface area contributed by atoms with E-state index in [0.29, 0.717) is 12.5 Å². The van der Waals surface area contributed by atoms with Crippen molar-refractivity contribution in [3.05, 3.63) is 16.3 Å². The van der Waals surface area contributed by atoms with E-state index in [4.69, 9.17) is 0 Å². The van der Waals surface area contributed by atoms with Gasteiger partial charge in [0.1, 0.15) is 6.20 Å². The molecule has 0 aromatic carbocycles. The van der Waals surface area contributed by atoms with E-state index in [1.807, 2.05) is 20.8 Å². The van der Waals surface area contributed by atoms with E-state index in [9.17, 15) is 15.2 Å². The predicted octanol–water partition coefficient (Wildman–Crippen LogP) is 1.25. The summed E-state index contributed by atoms with van der Waals surface area (Å²) in [6.07, 6.45) is 0.548. The Kier molecular flexibility index (Phi) is 5.43. The molecular formula is C11H19N5O3. The zero-order chi connectivity index (χ0) is 14.4. The minimum atomic E-state index is -0.600. The maximum absolute atomic E-state index is 10.9. The van der Waals surface area contributed by atoms with Gasteiger partial charge in [-0.2, -0.15) is 4.98 Å². The molecule has 19 heavy (non-hydrogen) atoms. The van der Waals surface area contributed by atoms with Crippen molar-refractivity contribution in [2.45, 2.75) is 26.9 Å². The smallest absolute Gasteiger partial charge is 0.329 e. The Morgan fingerprint density at radius 3 is 2.68 bits per heavy atom. The molecule has 1 aromatic heterocycles. The fourth-order valence-corrected chi connectivity index (χ4v) is 1.32. The van der Waals surface area contributed by atoms with Gasteiger partial charge in [0.05, 0.1) is 11.0 Å². The largest absolute Gasteiger partial charge is 0.391 e. The molecule has 3 N–H and O–H groups in total. The molecule has 1 unspecified atom stereocenters. The monoisotopic (exact) mass is 269 g/mol. The van der Waals surface area contributed by atoms with Gasteiger partial charge < -0.3 is 15.7 Å². The summed E-state index contributed by atoms with van der Waals surface area (Å²) in [4.78, 5) is 18.2. The van der Waals surface area contributed by atoms with Crippen LogP contribution < -0.4 is 10.6 Å². The molecule has 0 bridgehead atoms. The molecule has 1 atom stereocenters. The Bertz CT molecular complexity index is 438. The van der Waals surface area contributed by atoms with E-state index in [1.54, 1.807) is 0 Å². The number of aliphatic hydroxyl groups is 1. The number of rotatable bonds is 7. The first kappa shape index (κ1) is 15.1. The van der Waals surface area contributed by atoms with Crippen molar-refractivity contribution in [1.82, 2.24) is 9.97 Å². The van der Waals surface area contributed by atoms with Gasteiger partial charge in [0, 0.05) is 13.1 Å². The average molecular weight is 269 g/mol. The highest BCUT2D eigenvalue weighted by atomic mass is 16.6. The number of aliphatic hydroxyl groups excluding tert-OH is 1. The van der Waals surface area contributed by atoms with Gasteiger partial charge in [0.2, 0.25) is 11.8 Å². The Labute approximate surface area is 111 Å². The van der Waals surface area contributed by atoms with Gasteiger partial charge in [-0.3, -0.25) is 10.1 Å². The van der Waals surface area contributed by atoms with Crippen LogP contribution in [0.25, 0.3) is 0 Å². The molecule has 0 saturated heterocycles. The van der Waals surface area contributed by atoms with Gasteiger partial charge in [-0.25, -0.2) is 4.98 Å². The van der Waals surface area contributed by atoms with Crippen molar-refractivity contribution in [2.24, 2.45) is 5.92 Å². The molecule has 1 rings (SSSR count). The summed E-state index contributed by atoms with van der Waals surface area (Å²) in [7, 11) is 0. The van der Waals surface area contributed by atoms with E-state index < -0.39 is 11.0 Å². The normalized spacial score (nSPS) is 12.3. The van der Waals surface area contributed by atoms with Gasteiger partial charge in [-0.15, -0.1) is 0 Å². The minimum absolute atomic E-state index is 0.0571. The third-order valence-corrected chi connectivity index (χ3v) is 2.55. The lowest BCUT2D eigenvalue weighted by molar-refractivity contribution is -0.384. The average Bonchev–Trinajstić information content (AvgIpc) is 2.36. The summed E-state index contributed by atoms with van der Waals surface area (Å²) >= 11 is 0. The summed E-state index contributed by atoms with van der Waals surface area (Å²) in [5.41, 5.74) is -0.211. The third-order valence-electron chi connectivity index (χ3n) is 2.55. The minimum Gasteiger partial charge on any atom is -0.391 e. The molecule has 0 fully saturated rings. The van der Waals surface area contributed by atoms with Gasteiger partial charge in [-0.05, 0) is 12.8 Å². The van der Waals surface area contributed by atoms with Gasteiger partial charge >= 0.3 is 5.69 Å². The van der Waals surface area contributed by atoms with Crippen LogP contribution in [0.5, 0.6) is 0 Å². The molecule has 8 heteroatoms. The Hall–Kier alpha value is -1.96. The molecule has 0 aliphatic heterocycles. The number of nitro groups is 1. The Balaban J connectivity index is 2.88. The van der Waals surface area contributed by atoms with E-state index in [-0.39, 0.29) is 24.0 Å². The molecule has 0 aliphatic carbocycles. The summed E-state index contributed by atoms with van der Waals surface area (Å²) in [6.45, 7) is 6.42. The quantitative estimate of drug-likeness (QED) is 0.504. The standard InChI is InChI=1S/C11H19N5O3/c1-4-12-11-14-5-8(16(18)19)10(15-11)13-6-9(17)7(2)3/h5,7,9,17H,4,6H2,1-3H3,(H2,12,13,14,15). The molecule has 106 valence electrons. The van der Waals surface area contributed by atoms with E-state index in [1.165, 1.54) is 0 Å². The summed E-state index contributed by atoms with van der Waals surface area (Å²) < 4.78 is 0. The van der Waals surface area contributed by atoms with Crippen LogP contribution in [0.4, 0.5) is 17.5 Å². The maximum Gasteiger partial charge on any atom is 0.329 e. The lowest BCUT2D eigenvalue weighted by Gasteiger charge is -2.15. The Morgan fingerprint density at radius 1 is 1.47 bits per heavy atom. The zero-order valence-electron chi connectivity index (χ0n) is 11.3. The summed E-state index contributed by atoms with van der Waals surface area (Å²) in [5, 5.41) is 26.2. The first-order valence-corrected chi connectivity index (χ1v) is 6.13. The first-order chi connectivity index (χ1) is 8.95. The van der Waals surface area contributed by atoms with E-state index in [2.05, 4.69) is 20.6 Å². The fourth-order valence-electron chi connectivity index (χ4n) is 1.32.